The fourth-order valence-electron chi connectivity index (χ4n) is 0.938. The summed E-state index contributed by atoms with van der Waals surface area (Å²) in [5, 5.41) is 0.423. The van der Waals surface area contributed by atoms with Gasteiger partial charge in [-0.1, -0.05) is 11.6 Å². The van der Waals surface area contributed by atoms with Gasteiger partial charge in [0.25, 0.3) is 10.2 Å². The van der Waals surface area contributed by atoms with E-state index in [0.717, 1.165) is 0 Å². The van der Waals surface area contributed by atoms with Crippen molar-refractivity contribution >= 4 is 27.6 Å². The van der Waals surface area contributed by atoms with E-state index in [4.69, 9.17) is 11.6 Å². The van der Waals surface area contributed by atoms with Crippen LogP contribution in [0, 0.1) is 0 Å². The van der Waals surface area contributed by atoms with E-state index in [-0.39, 0.29) is 11.9 Å². The molecule has 1 aromatic rings. The third-order valence-corrected chi connectivity index (χ3v) is 2.85. The first kappa shape index (κ1) is 12.2. The first-order valence-corrected chi connectivity index (χ1v) is 6.17. The number of halogens is 1. The lowest BCUT2D eigenvalue weighted by atomic mass is 10.4. The fraction of sp³-hybridized carbons (Fsp3) is 0.375. The molecule has 15 heavy (non-hydrogen) atoms. The molecule has 1 heterocycles. The van der Waals surface area contributed by atoms with Crippen molar-refractivity contribution in [2.45, 2.75) is 19.9 Å². The van der Waals surface area contributed by atoms with E-state index in [1.54, 1.807) is 19.9 Å². The highest BCUT2D eigenvalue weighted by molar-refractivity contribution is 7.90. The highest BCUT2D eigenvalue weighted by atomic mass is 35.5. The summed E-state index contributed by atoms with van der Waals surface area (Å²) >= 11 is 5.68. The second-order valence-corrected chi connectivity index (χ2v) is 5.12. The van der Waals surface area contributed by atoms with Crippen molar-refractivity contribution in [2.24, 2.45) is 0 Å². The molecule has 0 saturated carbocycles. The first-order chi connectivity index (χ1) is 6.89. The number of nitrogens with one attached hydrogen (secondary N) is 2. The van der Waals surface area contributed by atoms with E-state index in [1.807, 2.05) is 0 Å². The number of hydrogen-bond donors (Lipinski definition) is 2. The van der Waals surface area contributed by atoms with Gasteiger partial charge in [-0.3, -0.25) is 4.72 Å². The maximum atomic E-state index is 11.4. The SMILES string of the molecule is CC(C)NS(=O)(=O)Nc1cc(Cl)ccn1. The number of nitrogens with zero attached hydrogens (tertiary/aromatic N) is 1. The molecule has 0 spiro atoms. The topological polar surface area (TPSA) is 71.1 Å². The number of rotatable bonds is 4. The first-order valence-electron chi connectivity index (χ1n) is 4.31. The minimum Gasteiger partial charge on any atom is -0.255 e. The van der Waals surface area contributed by atoms with Gasteiger partial charge in [0.1, 0.15) is 5.82 Å². The van der Waals surface area contributed by atoms with Crippen LogP contribution in [0.2, 0.25) is 5.02 Å². The molecule has 0 aliphatic heterocycles. The molecule has 0 radical (unpaired) electrons. The van der Waals surface area contributed by atoms with Gasteiger partial charge in [0.05, 0.1) is 0 Å². The summed E-state index contributed by atoms with van der Waals surface area (Å²) in [7, 11) is -3.57. The lowest BCUT2D eigenvalue weighted by molar-refractivity contribution is 0.575. The maximum absolute atomic E-state index is 11.4. The lowest BCUT2D eigenvalue weighted by Crippen LogP contribution is -2.35. The van der Waals surface area contributed by atoms with Crippen molar-refractivity contribution in [1.82, 2.24) is 9.71 Å². The van der Waals surface area contributed by atoms with Gasteiger partial charge < -0.3 is 0 Å². The van der Waals surface area contributed by atoms with Gasteiger partial charge >= 0.3 is 0 Å². The van der Waals surface area contributed by atoms with Crippen LogP contribution in [-0.4, -0.2) is 19.4 Å². The molecule has 84 valence electrons. The van der Waals surface area contributed by atoms with E-state index < -0.39 is 10.2 Å². The maximum Gasteiger partial charge on any atom is 0.300 e. The Bertz CT molecular complexity index is 433. The molecular weight excluding hydrogens is 238 g/mol. The second kappa shape index (κ2) is 4.78. The zero-order chi connectivity index (χ0) is 11.5. The fourth-order valence-corrected chi connectivity index (χ4v) is 2.16. The monoisotopic (exact) mass is 249 g/mol. The molecule has 0 fully saturated rings. The van der Waals surface area contributed by atoms with Gasteiger partial charge in [-0.25, -0.2) is 4.98 Å². The highest BCUT2D eigenvalue weighted by Crippen LogP contribution is 2.12. The summed E-state index contributed by atoms with van der Waals surface area (Å²) < 4.78 is 27.5. The summed E-state index contributed by atoms with van der Waals surface area (Å²) in [6.45, 7) is 3.45. The average molecular weight is 250 g/mol. The molecule has 0 saturated heterocycles. The Kier molecular flexibility index (Phi) is 3.90. The minimum atomic E-state index is -3.57. The van der Waals surface area contributed by atoms with Gasteiger partial charge in [0.2, 0.25) is 0 Å². The summed E-state index contributed by atoms with van der Waals surface area (Å²) in [6, 6.07) is 2.82. The Morgan fingerprint density at radius 2 is 2.13 bits per heavy atom. The van der Waals surface area contributed by atoms with Gasteiger partial charge in [0.15, 0.2) is 0 Å². The van der Waals surface area contributed by atoms with E-state index in [2.05, 4.69) is 14.4 Å². The van der Waals surface area contributed by atoms with Crippen LogP contribution >= 0.6 is 11.6 Å². The van der Waals surface area contributed by atoms with Crippen LogP contribution in [0.5, 0.6) is 0 Å². The van der Waals surface area contributed by atoms with E-state index in [9.17, 15) is 8.42 Å². The summed E-state index contributed by atoms with van der Waals surface area (Å²) in [4.78, 5) is 3.82. The number of aromatic nitrogens is 1. The van der Waals surface area contributed by atoms with Crippen molar-refractivity contribution in [3.63, 3.8) is 0 Å². The summed E-state index contributed by atoms with van der Waals surface area (Å²) in [5.74, 6) is 0.190. The van der Waals surface area contributed by atoms with Crippen LogP contribution < -0.4 is 9.44 Å². The van der Waals surface area contributed by atoms with E-state index in [0.29, 0.717) is 5.02 Å². The predicted octanol–water partition coefficient (Wildman–Crippen LogP) is 1.39. The summed E-state index contributed by atoms with van der Waals surface area (Å²) in [5.41, 5.74) is 0. The number of hydrogen-bond acceptors (Lipinski definition) is 3. The van der Waals surface area contributed by atoms with Crippen LogP contribution in [0.15, 0.2) is 18.3 Å². The van der Waals surface area contributed by atoms with E-state index >= 15 is 0 Å². The molecule has 0 atom stereocenters. The molecule has 0 aliphatic carbocycles. The molecule has 2 N–H and O–H groups in total. The average Bonchev–Trinajstić information content (AvgIpc) is 1.99. The zero-order valence-electron chi connectivity index (χ0n) is 8.36. The van der Waals surface area contributed by atoms with E-state index in [1.165, 1.54) is 12.3 Å². The molecule has 1 aromatic heterocycles. The molecule has 0 aromatic carbocycles. The minimum absolute atomic E-state index is 0.179. The molecule has 7 heteroatoms. The molecule has 1 rings (SSSR count). The molecule has 0 aliphatic rings. The number of anilines is 1. The summed E-state index contributed by atoms with van der Waals surface area (Å²) in [6.07, 6.45) is 1.43. The van der Waals surface area contributed by atoms with Crippen molar-refractivity contribution in [3.05, 3.63) is 23.4 Å². The third-order valence-electron chi connectivity index (χ3n) is 1.35. The molecule has 5 nitrogen and oxygen atoms in total. The zero-order valence-corrected chi connectivity index (χ0v) is 9.93. The van der Waals surface area contributed by atoms with Crippen LogP contribution in [0.25, 0.3) is 0 Å². The molecule has 0 unspecified atom stereocenters. The standard InChI is InChI=1S/C8H12ClN3O2S/c1-6(2)11-15(13,14)12-8-5-7(9)3-4-10-8/h3-6,11H,1-2H3,(H,10,12). The van der Waals surface area contributed by atoms with Gasteiger partial charge in [-0.05, 0) is 19.9 Å². The van der Waals surface area contributed by atoms with Crippen molar-refractivity contribution in [3.8, 4) is 0 Å². The molecule has 0 bridgehead atoms. The van der Waals surface area contributed by atoms with Crippen LogP contribution in [0.4, 0.5) is 5.82 Å². The Morgan fingerprint density at radius 3 is 2.67 bits per heavy atom. The van der Waals surface area contributed by atoms with Crippen LogP contribution in [0.1, 0.15) is 13.8 Å². The largest absolute Gasteiger partial charge is 0.300 e. The van der Waals surface area contributed by atoms with Crippen LogP contribution in [-0.2, 0) is 10.2 Å². The number of pyridine rings is 1. The Hall–Kier alpha value is -0.850. The van der Waals surface area contributed by atoms with Gasteiger partial charge in [0, 0.05) is 23.3 Å². The smallest absolute Gasteiger partial charge is 0.255 e. The van der Waals surface area contributed by atoms with Crippen molar-refractivity contribution in [2.75, 3.05) is 4.72 Å². The van der Waals surface area contributed by atoms with Crippen LogP contribution in [0.3, 0.4) is 0 Å². The second-order valence-electron chi connectivity index (χ2n) is 3.24. The Morgan fingerprint density at radius 1 is 1.47 bits per heavy atom. The van der Waals surface area contributed by atoms with Gasteiger partial charge in [-0.2, -0.15) is 13.1 Å². The Labute approximate surface area is 94.0 Å². The molecule has 0 amide bonds. The predicted molar refractivity (Wildman–Crippen MR) is 60.1 cm³/mol. The third kappa shape index (κ3) is 4.46. The molecular formula is C8H12ClN3O2S. The van der Waals surface area contributed by atoms with Crippen molar-refractivity contribution < 1.29 is 8.42 Å². The normalized spacial score (nSPS) is 11.7. The Balaban J connectivity index is 2.78. The van der Waals surface area contributed by atoms with Gasteiger partial charge in [-0.15, -0.1) is 0 Å². The highest BCUT2D eigenvalue weighted by Gasteiger charge is 2.11. The quantitative estimate of drug-likeness (QED) is 0.847. The van der Waals surface area contributed by atoms with Crippen molar-refractivity contribution in [1.29, 1.82) is 0 Å². The lowest BCUT2D eigenvalue weighted by Gasteiger charge is -2.10.